The van der Waals surface area contributed by atoms with Crippen molar-refractivity contribution in [3.63, 3.8) is 0 Å². The van der Waals surface area contributed by atoms with Crippen LogP contribution in [0.4, 0.5) is 0 Å². The minimum atomic E-state index is 0. The van der Waals surface area contributed by atoms with Crippen molar-refractivity contribution < 1.29 is 29.6 Å². The van der Waals surface area contributed by atoms with E-state index in [9.17, 15) is 0 Å². The summed E-state index contributed by atoms with van der Waals surface area (Å²) in [4.78, 5) is 0. The van der Waals surface area contributed by atoms with Crippen molar-refractivity contribution in [2.75, 3.05) is 0 Å². The first kappa shape index (κ1) is 8.74. The van der Waals surface area contributed by atoms with Crippen LogP contribution < -0.4 is 34.0 Å². The van der Waals surface area contributed by atoms with Gasteiger partial charge in [-0.05, 0) is 0 Å². The van der Waals surface area contributed by atoms with Crippen molar-refractivity contribution in [3.05, 3.63) is 30.3 Å². The second kappa shape index (κ2) is 4.60. The van der Waals surface area contributed by atoms with Gasteiger partial charge in [0.1, 0.15) is 0 Å². The molecule has 0 aliphatic heterocycles. The van der Waals surface area contributed by atoms with Gasteiger partial charge in [-0.1, -0.05) is 0 Å². The molecule has 0 saturated heterocycles. The Balaban J connectivity index is 0.000000490. The van der Waals surface area contributed by atoms with E-state index in [1.54, 1.807) is 0 Å². The summed E-state index contributed by atoms with van der Waals surface area (Å²) in [5.74, 6) is 0. The predicted octanol–water partition coefficient (Wildman–Crippen LogP) is -2.52. The molecule has 0 bridgehead atoms. The second-order valence-corrected chi connectivity index (χ2v) is 2.30. The fraction of sp³-hybridized carbons (Fsp3) is 0. The average Bonchev–Trinajstić information content (AvgIpc) is 1.69. The van der Waals surface area contributed by atoms with Gasteiger partial charge in [-0.15, -0.1) is 0 Å². The first-order chi connectivity index (χ1) is 3.39. The van der Waals surface area contributed by atoms with E-state index in [2.05, 4.69) is 16.0 Å². The van der Waals surface area contributed by atoms with Gasteiger partial charge in [0.2, 0.25) is 0 Å². The minimum absolute atomic E-state index is 0. The van der Waals surface area contributed by atoms with Crippen molar-refractivity contribution >= 4 is 20.5 Å². The molecule has 0 aliphatic carbocycles. The molecule has 0 N–H and O–H groups in total. The van der Waals surface area contributed by atoms with Gasteiger partial charge in [0.05, 0.1) is 0 Å². The predicted molar refractivity (Wildman–Crippen MR) is 31.8 cm³/mol. The number of hydrogen-bond acceptors (Lipinski definition) is 0. The van der Waals surface area contributed by atoms with Crippen LogP contribution in [0.1, 0.15) is 0 Å². The van der Waals surface area contributed by atoms with Gasteiger partial charge >= 0.3 is 80.4 Å². The summed E-state index contributed by atoms with van der Waals surface area (Å²) in [5, 5.41) is 0. The molecule has 0 amide bonds. The molecule has 8 heavy (non-hydrogen) atoms. The monoisotopic (exact) mass is 180 g/mol. The van der Waals surface area contributed by atoms with Crippen LogP contribution in [-0.4, -0.2) is 16.0 Å². The summed E-state index contributed by atoms with van der Waals surface area (Å²) in [7, 11) is 0. The van der Waals surface area contributed by atoms with Crippen LogP contribution in [0.3, 0.4) is 0 Å². The van der Waals surface area contributed by atoms with Crippen molar-refractivity contribution in [3.8, 4) is 0 Å². The van der Waals surface area contributed by atoms with Crippen LogP contribution in [-0.2, 0) is 0 Å². The topological polar surface area (TPSA) is 0 Å². The van der Waals surface area contributed by atoms with E-state index >= 15 is 0 Å². The van der Waals surface area contributed by atoms with Crippen LogP contribution in [0.25, 0.3) is 0 Å². The molecule has 0 aromatic heterocycles. The summed E-state index contributed by atoms with van der Waals surface area (Å²) in [5.41, 5.74) is 0. The summed E-state index contributed by atoms with van der Waals surface area (Å²) in [6.07, 6.45) is 0. The van der Waals surface area contributed by atoms with Crippen molar-refractivity contribution in [1.82, 2.24) is 0 Å². The zero-order valence-corrected chi connectivity index (χ0v) is 8.51. The molecule has 0 nitrogen and oxygen atoms in total. The van der Waals surface area contributed by atoms with Gasteiger partial charge in [-0.2, -0.15) is 0 Å². The van der Waals surface area contributed by atoms with Crippen LogP contribution >= 0.6 is 0 Å². The maximum absolute atomic E-state index is 2.90. The SMILES string of the molecule is [Na+].[Se-]c1ccccc1. The fourth-order valence-corrected chi connectivity index (χ4v) is 0.750. The van der Waals surface area contributed by atoms with Crippen LogP contribution in [0.5, 0.6) is 0 Å². The Morgan fingerprint density at radius 3 is 1.75 bits per heavy atom. The van der Waals surface area contributed by atoms with Crippen LogP contribution in [0.15, 0.2) is 30.3 Å². The zero-order valence-electron chi connectivity index (χ0n) is 4.79. The van der Waals surface area contributed by atoms with Gasteiger partial charge in [0, 0.05) is 0 Å². The molecule has 0 aliphatic rings. The summed E-state index contributed by atoms with van der Waals surface area (Å²) in [6, 6.07) is 10.1. The Morgan fingerprint density at radius 1 is 1.00 bits per heavy atom. The standard InChI is InChI=1S/C6H6Se.Na/c7-6-4-2-1-3-5-6;/h1-5,7H;/q;+1/p-1. The molecular formula is C6H5NaSe. The fourth-order valence-electron chi connectivity index (χ4n) is 0.420. The Hall–Kier alpha value is 0.739. The third kappa shape index (κ3) is 2.91. The van der Waals surface area contributed by atoms with E-state index < -0.39 is 0 Å². The second-order valence-electron chi connectivity index (χ2n) is 1.31. The average molecular weight is 179 g/mol. The molecule has 0 heterocycles. The van der Waals surface area contributed by atoms with Crippen LogP contribution in [0.2, 0.25) is 0 Å². The molecule has 0 unspecified atom stereocenters. The van der Waals surface area contributed by atoms with E-state index in [0.717, 1.165) is 0 Å². The van der Waals surface area contributed by atoms with Crippen molar-refractivity contribution in [2.45, 2.75) is 0 Å². The van der Waals surface area contributed by atoms with E-state index in [4.69, 9.17) is 0 Å². The van der Waals surface area contributed by atoms with Crippen LogP contribution in [0, 0.1) is 0 Å². The van der Waals surface area contributed by atoms with E-state index in [1.807, 2.05) is 30.3 Å². The van der Waals surface area contributed by atoms with E-state index in [-0.39, 0.29) is 29.6 Å². The molecule has 2 heteroatoms. The number of benzene rings is 1. The molecule has 36 valence electrons. The molecule has 0 atom stereocenters. The third-order valence-corrected chi connectivity index (χ3v) is 1.31. The van der Waals surface area contributed by atoms with Crippen molar-refractivity contribution in [1.29, 1.82) is 0 Å². The summed E-state index contributed by atoms with van der Waals surface area (Å²) < 4.78 is 1.20. The van der Waals surface area contributed by atoms with Crippen molar-refractivity contribution in [2.24, 2.45) is 0 Å². The quantitative estimate of drug-likeness (QED) is 0.386. The van der Waals surface area contributed by atoms with E-state index in [0.29, 0.717) is 0 Å². The number of rotatable bonds is 0. The molecule has 0 saturated carbocycles. The molecule has 1 aromatic rings. The Bertz CT molecular complexity index is 138. The normalized spacial score (nSPS) is 7.50. The summed E-state index contributed by atoms with van der Waals surface area (Å²) >= 11 is 2.90. The zero-order chi connectivity index (χ0) is 5.11. The van der Waals surface area contributed by atoms with Gasteiger partial charge in [0.15, 0.2) is 0 Å². The Labute approximate surface area is 79.8 Å². The first-order valence-electron chi connectivity index (χ1n) is 2.11. The summed E-state index contributed by atoms with van der Waals surface area (Å²) in [6.45, 7) is 0. The first-order valence-corrected chi connectivity index (χ1v) is 2.97. The van der Waals surface area contributed by atoms with Gasteiger partial charge in [0.25, 0.3) is 0 Å². The third-order valence-electron chi connectivity index (χ3n) is 0.743. The van der Waals surface area contributed by atoms with Gasteiger partial charge < -0.3 is 0 Å². The number of hydrogen-bond donors (Lipinski definition) is 0. The molecular weight excluding hydrogens is 174 g/mol. The maximum atomic E-state index is 2.90. The molecule has 0 fully saturated rings. The van der Waals surface area contributed by atoms with E-state index in [1.165, 1.54) is 4.46 Å². The molecule has 0 spiro atoms. The Morgan fingerprint density at radius 2 is 1.50 bits per heavy atom. The molecule has 0 radical (unpaired) electrons. The molecule has 1 aromatic carbocycles. The van der Waals surface area contributed by atoms with Gasteiger partial charge in [-0.3, -0.25) is 0 Å². The van der Waals surface area contributed by atoms with Gasteiger partial charge in [-0.25, -0.2) is 0 Å². The Kier molecular flexibility index (Phi) is 5.03. The molecule has 1 rings (SSSR count).